The second kappa shape index (κ2) is 6.58. The van der Waals surface area contributed by atoms with Crippen LogP contribution in [0.3, 0.4) is 0 Å². The second-order valence-corrected chi connectivity index (χ2v) is 2.52. The normalized spacial score (nSPS) is 16.4. The van der Waals surface area contributed by atoms with Gasteiger partial charge in [-0.3, -0.25) is 0 Å². The molecule has 11 heavy (non-hydrogen) atoms. The summed E-state index contributed by atoms with van der Waals surface area (Å²) in [6.07, 6.45) is 0.970. The Balaban J connectivity index is 3.56. The van der Waals surface area contributed by atoms with Gasteiger partial charge < -0.3 is 14.9 Å². The highest BCUT2D eigenvalue weighted by Gasteiger charge is 2.14. The van der Waals surface area contributed by atoms with E-state index in [4.69, 9.17) is 9.84 Å². The Bertz CT molecular complexity index is 85.4. The SMILES string of the molecule is CCC(OCCO)[C@@H](O)CC. The van der Waals surface area contributed by atoms with Crippen LogP contribution in [0.15, 0.2) is 0 Å². The topological polar surface area (TPSA) is 49.7 Å². The molecule has 0 saturated heterocycles. The third-order valence-electron chi connectivity index (χ3n) is 1.67. The largest absolute Gasteiger partial charge is 0.394 e. The van der Waals surface area contributed by atoms with Crippen molar-refractivity contribution < 1.29 is 14.9 Å². The van der Waals surface area contributed by atoms with E-state index in [0.717, 1.165) is 6.42 Å². The number of hydrogen-bond donors (Lipinski definition) is 2. The van der Waals surface area contributed by atoms with Gasteiger partial charge in [-0.1, -0.05) is 13.8 Å². The van der Waals surface area contributed by atoms with Crippen LogP contribution in [0.1, 0.15) is 26.7 Å². The number of ether oxygens (including phenoxy) is 1. The summed E-state index contributed by atoms with van der Waals surface area (Å²) in [5.41, 5.74) is 0. The molecule has 0 rings (SSSR count). The van der Waals surface area contributed by atoms with Crippen LogP contribution in [0, 0.1) is 0 Å². The lowest BCUT2D eigenvalue weighted by Crippen LogP contribution is -2.28. The van der Waals surface area contributed by atoms with Gasteiger partial charge in [0.25, 0.3) is 0 Å². The zero-order chi connectivity index (χ0) is 8.69. The average molecular weight is 162 g/mol. The van der Waals surface area contributed by atoms with Crippen molar-refractivity contribution in [1.82, 2.24) is 0 Å². The Morgan fingerprint density at radius 2 is 1.91 bits per heavy atom. The van der Waals surface area contributed by atoms with Gasteiger partial charge in [0.2, 0.25) is 0 Å². The van der Waals surface area contributed by atoms with Crippen molar-refractivity contribution in [2.75, 3.05) is 13.2 Å². The Labute approximate surface area is 68.0 Å². The summed E-state index contributed by atoms with van der Waals surface area (Å²) >= 11 is 0. The van der Waals surface area contributed by atoms with E-state index >= 15 is 0 Å². The molecule has 3 heteroatoms. The molecule has 2 atom stereocenters. The monoisotopic (exact) mass is 162 g/mol. The van der Waals surface area contributed by atoms with Crippen molar-refractivity contribution >= 4 is 0 Å². The zero-order valence-electron chi connectivity index (χ0n) is 7.29. The molecular formula is C8H18O3. The molecule has 0 saturated carbocycles. The Hall–Kier alpha value is -0.120. The summed E-state index contributed by atoms with van der Waals surface area (Å²) in [5.74, 6) is 0. The molecule has 0 spiro atoms. The van der Waals surface area contributed by atoms with Gasteiger partial charge in [-0.05, 0) is 12.8 Å². The third kappa shape index (κ3) is 4.35. The Kier molecular flexibility index (Phi) is 6.51. The summed E-state index contributed by atoms with van der Waals surface area (Å²) in [4.78, 5) is 0. The van der Waals surface area contributed by atoms with Gasteiger partial charge in [0.05, 0.1) is 25.4 Å². The molecular weight excluding hydrogens is 144 g/mol. The lowest BCUT2D eigenvalue weighted by Gasteiger charge is -2.20. The first kappa shape index (κ1) is 10.9. The first-order chi connectivity index (χ1) is 5.26. The highest BCUT2D eigenvalue weighted by molar-refractivity contribution is 4.65. The van der Waals surface area contributed by atoms with Gasteiger partial charge >= 0.3 is 0 Å². The zero-order valence-corrected chi connectivity index (χ0v) is 7.29. The van der Waals surface area contributed by atoms with Crippen LogP contribution in [0.25, 0.3) is 0 Å². The maximum Gasteiger partial charge on any atom is 0.0832 e. The quantitative estimate of drug-likeness (QED) is 0.599. The minimum atomic E-state index is -0.397. The van der Waals surface area contributed by atoms with Crippen molar-refractivity contribution in [2.45, 2.75) is 38.9 Å². The Morgan fingerprint density at radius 1 is 1.27 bits per heavy atom. The minimum absolute atomic E-state index is 0.0208. The van der Waals surface area contributed by atoms with Crippen LogP contribution in [0.5, 0.6) is 0 Å². The first-order valence-corrected chi connectivity index (χ1v) is 4.16. The maximum atomic E-state index is 9.34. The van der Waals surface area contributed by atoms with Gasteiger partial charge in [0.15, 0.2) is 0 Å². The molecule has 0 aliphatic carbocycles. The van der Waals surface area contributed by atoms with E-state index in [1.54, 1.807) is 0 Å². The van der Waals surface area contributed by atoms with Gasteiger partial charge in [-0.2, -0.15) is 0 Å². The van der Waals surface area contributed by atoms with E-state index in [0.29, 0.717) is 13.0 Å². The summed E-state index contributed by atoms with van der Waals surface area (Å²) < 4.78 is 5.19. The van der Waals surface area contributed by atoms with E-state index in [2.05, 4.69) is 0 Å². The van der Waals surface area contributed by atoms with Crippen molar-refractivity contribution in [3.8, 4) is 0 Å². The highest BCUT2D eigenvalue weighted by Crippen LogP contribution is 2.06. The van der Waals surface area contributed by atoms with Gasteiger partial charge in [0, 0.05) is 0 Å². The fourth-order valence-electron chi connectivity index (χ4n) is 0.968. The van der Waals surface area contributed by atoms with Crippen molar-refractivity contribution in [3.05, 3.63) is 0 Å². The minimum Gasteiger partial charge on any atom is -0.394 e. The second-order valence-electron chi connectivity index (χ2n) is 2.52. The predicted molar refractivity (Wildman–Crippen MR) is 43.4 cm³/mol. The average Bonchev–Trinajstić information content (AvgIpc) is 2.05. The fraction of sp³-hybridized carbons (Fsp3) is 1.00. The van der Waals surface area contributed by atoms with Crippen LogP contribution in [-0.2, 0) is 4.74 Å². The van der Waals surface area contributed by atoms with Crippen LogP contribution in [0.4, 0.5) is 0 Å². The summed E-state index contributed by atoms with van der Waals surface area (Å²) in [6.45, 7) is 4.21. The molecule has 2 N–H and O–H groups in total. The molecule has 0 fully saturated rings. The summed E-state index contributed by atoms with van der Waals surface area (Å²) in [6, 6.07) is 0. The molecule has 3 nitrogen and oxygen atoms in total. The molecule has 0 aromatic heterocycles. The van der Waals surface area contributed by atoms with Gasteiger partial charge in [-0.25, -0.2) is 0 Å². The summed E-state index contributed by atoms with van der Waals surface area (Å²) in [5, 5.41) is 17.8. The first-order valence-electron chi connectivity index (χ1n) is 4.16. The van der Waals surface area contributed by atoms with Crippen LogP contribution < -0.4 is 0 Å². The van der Waals surface area contributed by atoms with E-state index in [1.807, 2.05) is 13.8 Å². The van der Waals surface area contributed by atoms with Crippen molar-refractivity contribution in [3.63, 3.8) is 0 Å². The highest BCUT2D eigenvalue weighted by atomic mass is 16.5. The van der Waals surface area contributed by atoms with Crippen molar-refractivity contribution in [1.29, 1.82) is 0 Å². The van der Waals surface area contributed by atoms with E-state index in [9.17, 15) is 5.11 Å². The fourth-order valence-corrected chi connectivity index (χ4v) is 0.968. The van der Waals surface area contributed by atoms with E-state index in [-0.39, 0.29) is 12.7 Å². The molecule has 1 unspecified atom stereocenters. The number of aliphatic hydroxyl groups excluding tert-OH is 2. The van der Waals surface area contributed by atoms with Crippen LogP contribution >= 0.6 is 0 Å². The predicted octanol–water partition coefficient (Wildman–Crippen LogP) is 0.545. The molecule has 0 amide bonds. The lowest BCUT2D eigenvalue weighted by molar-refractivity contribution is -0.0497. The van der Waals surface area contributed by atoms with E-state index < -0.39 is 6.10 Å². The Morgan fingerprint density at radius 3 is 2.27 bits per heavy atom. The standard InChI is InChI=1S/C8H18O3/c1-3-7(10)8(4-2)11-6-5-9/h7-10H,3-6H2,1-2H3/t7-,8?/m0/s1. The lowest BCUT2D eigenvalue weighted by atomic mass is 10.1. The number of aliphatic hydroxyl groups is 2. The number of rotatable bonds is 6. The summed E-state index contributed by atoms with van der Waals surface area (Å²) in [7, 11) is 0. The third-order valence-corrected chi connectivity index (χ3v) is 1.67. The maximum absolute atomic E-state index is 9.34. The number of hydrogen-bond acceptors (Lipinski definition) is 3. The molecule has 0 heterocycles. The van der Waals surface area contributed by atoms with Crippen LogP contribution in [0.2, 0.25) is 0 Å². The van der Waals surface area contributed by atoms with E-state index in [1.165, 1.54) is 0 Å². The van der Waals surface area contributed by atoms with Gasteiger partial charge in [0.1, 0.15) is 0 Å². The smallest absolute Gasteiger partial charge is 0.0832 e. The molecule has 0 aromatic carbocycles. The van der Waals surface area contributed by atoms with Crippen LogP contribution in [-0.4, -0.2) is 35.6 Å². The van der Waals surface area contributed by atoms with Crippen molar-refractivity contribution in [2.24, 2.45) is 0 Å². The molecule has 0 bridgehead atoms. The molecule has 0 aliphatic rings. The molecule has 0 radical (unpaired) electrons. The molecule has 0 aromatic rings. The van der Waals surface area contributed by atoms with Gasteiger partial charge in [-0.15, -0.1) is 0 Å². The molecule has 68 valence electrons. The molecule has 0 aliphatic heterocycles.